The van der Waals surface area contributed by atoms with Crippen LogP contribution in [0, 0.1) is 17.5 Å². The highest BCUT2D eigenvalue weighted by Gasteiger charge is 2.33. The molecule has 3 aromatic rings. The third-order valence-electron chi connectivity index (χ3n) is 5.93. The minimum atomic E-state index is -3.59. The molecule has 1 saturated heterocycles. The van der Waals surface area contributed by atoms with Gasteiger partial charge in [-0.15, -0.1) is 12.4 Å². The molecule has 0 saturated carbocycles. The standard InChI is InChI=1S/C23H25F3N6O4S3.ClH/c1-39(35,36)30-5-7-31(20(33)11-15(27)9-14-10-17(25)18(26)12-16(14)24)32(8-6-30)21(34)13-37-23-29-19-3-2-4-28-22(19)38-23;/h2-4,10,12,15H,5-9,11,13,27H2,1H3;1H/t15-;/m1./s1. The largest absolute Gasteiger partial charge is 0.327 e. The second-order valence-corrected chi connectivity index (χ2v) is 13.0. The Morgan fingerprint density at radius 1 is 1.07 bits per heavy atom. The Balaban J connectivity index is 0.00000441. The third kappa shape index (κ3) is 7.82. The maximum Gasteiger partial charge on any atom is 0.251 e. The van der Waals surface area contributed by atoms with Crippen LogP contribution in [-0.4, -0.2) is 88.8 Å². The fourth-order valence-corrected chi connectivity index (χ4v) is 6.71. The Labute approximate surface area is 243 Å². The number of thioether (sulfide) groups is 1. The van der Waals surface area contributed by atoms with Crippen LogP contribution in [0.25, 0.3) is 10.3 Å². The fourth-order valence-electron chi connectivity index (χ4n) is 4.03. The lowest BCUT2D eigenvalue weighted by molar-refractivity contribution is -0.161. The molecule has 4 rings (SSSR count). The second-order valence-electron chi connectivity index (χ2n) is 8.82. The monoisotopic (exact) mass is 638 g/mol. The van der Waals surface area contributed by atoms with Crippen LogP contribution in [0.5, 0.6) is 0 Å². The zero-order valence-electron chi connectivity index (χ0n) is 21.1. The number of sulfonamides is 1. The number of nitrogens with two attached hydrogens (primary N) is 1. The average molecular weight is 639 g/mol. The number of hydrogen-bond acceptors (Lipinski definition) is 9. The van der Waals surface area contributed by atoms with Gasteiger partial charge in [-0.2, -0.15) is 4.31 Å². The number of carbonyl (C=O) groups excluding carboxylic acids is 2. The van der Waals surface area contributed by atoms with Gasteiger partial charge in [-0.25, -0.2) is 36.6 Å². The van der Waals surface area contributed by atoms with Crippen LogP contribution in [0.1, 0.15) is 12.0 Å². The fraction of sp³-hybridized carbons (Fsp3) is 0.391. The molecule has 1 aliphatic rings. The van der Waals surface area contributed by atoms with E-state index in [9.17, 15) is 31.2 Å². The number of nitrogens with zero attached hydrogens (tertiary/aromatic N) is 5. The van der Waals surface area contributed by atoms with Crippen molar-refractivity contribution in [3.05, 3.63) is 53.5 Å². The molecule has 0 spiro atoms. The van der Waals surface area contributed by atoms with E-state index in [1.54, 1.807) is 18.3 Å². The Kier molecular flexibility index (Phi) is 10.8. The van der Waals surface area contributed by atoms with Gasteiger partial charge in [-0.3, -0.25) is 14.6 Å². The highest BCUT2D eigenvalue weighted by atomic mass is 35.5. The molecule has 1 aromatic carbocycles. The lowest BCUT2D eigenvalue weighted by Crippen LogP contribution is -2.52. The van der Waals surface area contributed by atoms with Gasteiger partial charge in [0, 0.05) is 37.8 Å². The number of amides is 2. The molecule has 2 aromatic heterocycles. The third-order valence-corrected chi connectivity index (χ3v) is 9.34. The first-order chi connectivity index (χ1) is 18.4. The topological polar surface area (TPSA) is 130 Å². The van der Waals surface area contributed by atoms with Crippen LogP contribution < -0.4 is 5.73 Å². The summed E-state index contributed by atoms with van der Waals surface area (Å²) in [5.74, 6) is -4.69. The van der Waals surface area contributed by atoms with E-state index in [0.29, 0.717) is 26.8 Å². The van der Waals surface area contributed by atoms with E-state index in [1.165, 1.54) is 32.4 Å². The molecule has 1 aliphatic heterocycles. The second kappa shape index (κ2) is 13.4. The number of fused-ring (bicyclic) bond motifs is 1. The van der Waals surface area contributed by atoms with E-state index >= 15 is 0 Å². The predicted octanol–water partition coefficient (Wildman–Crippen LogP) is 2.43. The van der Waals surface area contributed by atoms with Gasteiger partial charge >= 0.3 is 0 Å². The molecule has 218 valence electrons. The molecular formula is C23H26ClF3N6O4S3. The number of aromatic nitrogens is 2. The molecule has 17 heteroatoms. The number of hydrogen-bond donors (Lipinski definition) is 1. The highest BCUT2D eigenvalue weighted by Crippen LogP contribution is 2.28. The van der Waals surface area contributed by atoms with Crippen LogP contribution in [0.3, 0.4) is 0 Å². The van der Waals surface area contributed by atoms with E-state index in [1.807, 2.05) is 0 Å². The number of rotatable bonds is 8. The first kappa shape index (κ1) is 32.0. The molecule has 0 unspecified atom stereocenters. The number of hydrazine groups is 1. The molecule has 2 N–H and O–H groups in total. The van der Waals surface area contributed by atoms with Gasteiger partial charge < -0.3 is 5.73 Å². The lowest BCUT2D eigenvalue weighted by atomic mass is 10.0. The van der Waals surface area contributed by atoms with Gasteiger partial charge in [0.05, 0.1) is 25.1 Å². The maximum absolute atomic E-state index is 14.1. The molecule has 1 atom stereocenters. The van der Waals surface area contributed by atoms with Gasteiger partial charge in [0.15, 0.2) is 16.0 Å². The molecule has 2 amide bonds. The highest BCUT2D eigenvalue weighted by molar-refractivity contribution is 8.01. The van der Waals surface area contributed by atoms with Gasteiger partial charge in [-0.1, -0.05) is 23.1 Å². The van der Waals surface area contributed by atoms with E-state index in [4.69, 9.17) is 5.73 Å². The van der Waals surface area contributed by atoms with Crippen LogP contribution in [0.4, 0.5) is 13.2 Å². The summed E-state index contributed by atoms with van der Waals surface area (Å²) in [5, 5.41) is 2.34. The van der Waals surface area contributed by atoms with Crippen molar-refractivity contribution >= 4 is 67.7 Å². The SMILES string of the molecule is CS(=O)(=O)N1CCN(C(=O)CSc2nc3cccnc3s2)N(C(=O)C[C@H](N)Cc2cc(F)c(F)cc2F)CC1.Cl. The lowest BCUT2D eigenvalue weighted by Gasteiger charge is -2.33. The van der Waals surface area contributed by atoms with Crippen molar-refractivity contribution in [2.24, 2.45) is 5.73 Å². The minimum absolute atomic E-state index is 0. The number of carbonyl (C=O) groups is 2. The molecule has 0 radical (unpaired) electrons. The molecule has 0 aliphatic carbocycles. The molecule has 1 fully saturated rings. The van der Waals surface area contributed by atoms with Crippen molar-refractivity contribution < 1.29 is 31.2 Å². The number of benzene rings is 1. The smallest absolute Gasteiger partial charge is 0.251 e. The van der Waals surface area contributed by atoms with Gasteiger partial charge in [-0.05, 0) is 30.2 Å². The van der Waals surface area contributed by atoms with Crippen molar-refractivity contribution in [3.8, 4) is 0 Å². The zero-order chi connectivity index (χ0) is 28.3. The number of thiazole rings is 1. The van der Waals surface area contributed by atoms with Crippen molar-refractivity contribution in [2.75, 3.05) is 38.2 Å². The Morgan fingerprint density at radius 2 is 1.73 bits per heavy atom. The van der Waals surface area contributed by atoms with Gasteiger partial charge in [0.2, 0.25) is 15.9 Å². The van der Waals surface area contributed by atoms with E-state index < -0.39 is 45.3 Å². The Morgan fingerprint density at radius 3 is 2.38 bits per heavy atom. The molecule has 40 heavy (non-hydrogen) atoms. The summed E-state index contributed by atoms with van der Waals surface area (Å²) in [7, 11) is -3.59. The van der Waals surface area contributed by atoms with Crippen LogP contribution in [0.2, 0.25) is 0 Å². The molecule has 10 nitrogen and oxygen atoms in total. The first-order valence-corrected chi connectivity index (χ1v) is 15.4. The minimum Gasteiger partial charge on any atom is -0.327 e. The summed E-state index contributed by atoms with van der Waals surface area (Å²) >= 11 is 2.49. The van der Waals surface area contributed by atoms with E-state index in [-0.39, 0.29) is 62.7 Å². The summed E-state index contributed by atoms with van der Waals surface area (Å²) in [6.07, 6.45) is 2.07. The summed E-state index contributed by atoms with van der Waals surface area (Å²) in [6, 6.07) is 3.67. The Bertz CT molecular complexity index is 1460. The number of pyridine rings is 1. The summed E-state index contributed by atoms with van der Waals surface area (Å²) in [4.78, 5) is 35.9. The van der Waals surface area contributed by atoms with Crippen molar-refractivity contribution in [3.63, 3.8) is 0 Å². The molecule has 0 bridgehead atoms. The average Bonchev–Trinajstić information content (AvgIpc) is 3.13. The number of halogens is 4. The molecule has 3 heterocycles. The Hall–Kier alpha value is -2.50. The van der Waals surface area contributed by atoms with Crippen LogP contribution in [0.15, 0.2) is 34.8 Å². The predicted molar refractivity (Wildman–Crippen MR) is 148 cm³/mol. The summed E-state index contributed by atoms with van der Waals surface area (Å²) in [6.45, 7) is -0.249. The van der Waals surface area contributed by atoms with Gasteiger partial charge in [0.1, 0.15) is 16.2 Å². The van der Waals surface area contributed by atoms with Crippen molar-refractivity contribution in [2.45, 2.75) is 23.2 Å². The summed E-state index contributed by atoms with van der Waals surface area (Å²) < 4.78 is 67.0. The molecular weight excluding hydrogens is 613 g/mol. The van der Waals surface area contributed by atoms with Crippen LogP contribution >= 0.6 is 35.5 Å². The van der Waals surface area contributed by atoms with E-state index in [2.05, 4.69) is 9.97 Å². The zero-order valence-corrected chi connectivity index (χ0v) is 24.4. The van der Waals surface area contributed by atoms with Crippen molar-refractivity contribution in [1.82, 2.24) is 24.3 Å². The van der Waals surface area contributed by atoms with Crippen molar-refractivity contribution in [1.29, 1.82) is 0 Å². The van der Waals surface area contributed by atoms with Gasteiger partial charge in [0.25, 0.3) is 5.91 Å². The maximum atomic E-state index is 14.1. The first-order valence-electron chi connectivity index (χ1n) is 11.7. The summed E-state index contributed by atoms with van der Waals surface area (Å²) in [5.41, 5.74) is 6.54. The normalized spacial score (nSPS) is 15.5. The van der Waals surface area contributed by atoms with E-state index in [0.717, 1.165) is 11.3 Å². The quantitative estimate of drug-likeness (QED) is 0.294. The van der Waals surface area contributed by atoms with Crippen LogP contribution in [-0.2, 0) is 26.0 Å².